The Morgan fingerprint density at radius 2 is 1.93 bits per heavy atom. The topological polar surface area (TPSA) is 29.5 Å². The van der Waals surface area contributed by atoms with Crippen LogP contribution in [0.3, 0.4) is 0 Å². The van der Waals surface area contributed by atoms with Crippen LogP contribution in [0.15, 0.2) is 18.2 Å². The predicted octanol–water partition coefficient (Wildman–Crippen LogP) is 3.48. The third-order valence-electron chi connectivity index (χ3n) is 2.89. The third kappa shape index (κ3) is 2.65. The quantitative estimate of drug-likeness (QED) is 0.820. The van der Waals surface area contributed by atoms with E-state index in [1.54, 1.807) is 6.07 Å². The maximum Gasteiger partial charge on any atom is 0.123 e. The Morgan fingerprint density at radius 1 is 1.27 bits per heavy atom. The molecule has 1 N–H and O–H groups in total. The van der Waals surface area contributed by atoms with Crippen LogP contribution >= 0.6 is 0 Å². The predicted molar refractivity (Wildman–Crippen MR) is 62.6 cm³/mol. The first kappa shape index (κ1) is 11.9. The molecule has 0 amide bonds. The van der Waals surface area contributed by atoms with E-state index in [1.165, 1.54) is 0 Å². The average molecular weight is 208 g/mol. The van der Waals surface area contributed by atoms with Crippen molar-refractivity contribution in [1.82, 2.24) is 0 Å². The fourth-order valence-electron chi connectivity index (χ4n) is 1.53. The van der Waals surface area contributed by atoms with Crippen molar-refractivity contribution in [3.63, 3.8) is 0 Å². The second-order valence-electron chi connectivity index (χ2n) is 4.35. The van der Waals surface area contributed by atoms with Gasteiger partial charge in [0.2, 0.25) is 0 Å². The number of hydrogen-bond donors (Lipinski definition) is 1. The van der Waals surface area contributed by atoms with E-state index in [4.69, 9.17) is 4.74 Å². The minimum absolute atomic E-state index is 0.00876. The molecule has 2 heteroatoms. The standard InChI is InChI=1S/C13H20O2/c1-5-13(3,4)11-8-7-10(15-6-2)9-12(11)14/h7-9,14H,5-6H2,1-4H3. The lowest BCUT2D eigenvalue weighted by atomic mass is 9.82. The lowest BCUT2D eigenvalue weighted by Gasteiger charge is -2.24. The first-order valence-corrected chi connectivity index (χ1v) is 5.47. The summed E-state index contributed by atoms with van der Waals surface area (Å²) >= 11 is 0. The van der Waals surface area contributed by atoms with E-state index in [0.717, 1.165) is 17.7 Å². The van der Waals surface area contributed by atoms with E-state index in [9.17, 15) is 5.11 Å². The molecule has 0 unspecified atom stereocenters. The van der Waals surface area contributed by atoms with Crippen molar-refractivity contribution < 1.29 is 9.84 Å². The van der Waals surface area contributed by atoms with Gasteiger partial charge in [0.05, 0.1) is 6.61 Å². The number of benzene rings is 1. The van der Waals surface area contributed by atoms with Crippen LogP contribution in [0.4, 0.5) is 0 Å². The van der Waals surface area contributed by atoms with Crippen LogP contribution in [0.25, 0.3) is 0 Å². The molecule has 0 atom stereocenters. The van der Waals surface area contributed by atoms with E-state index >= 15 is 0 Å². The second kappa shape index (κ2) is 4.56. The SMILES string of the molecule is CCOc1ccc(C(C)(C)CC)c(O)c1. The Balaban J connectivity index is 3.03. The first-order valence-electron chi connectivity index (χ1n) is 5.47. The molecule has 15 heavy (non-hydrogen) atoms. The summed E-state index contributed by atoms with van der Waals surface area (Å²) in [6.07, 6.45) is 0.995. The zero-order chi connectivity index (χ0) is 11.5. The summed E-state index contributed by atoms with van der Waals surface area (Å²) in [5.41, 5.74) is 0.989. The van der Waals surface area contributed by atoms with E-state index < -0.39 is 0 Å². The van der Waals surface area contributed by atoms with Crippen LogP contribution < -0.4 is 4.74 Å². The molecule has 1 aromatic carbocycles. The number of hydrogen-bond acceptors (Lipinski definition) is 2. The largest absolute Gasteiger partial charge is 0.508 e. The Labute approximate surface area is 91.9 Å². The normalized spacial score (nSPS) is 11.5. The highest BCUT2D eigenvalue weighted by Crippen LogP contribution is 2.35. The van der Waals surface area contributed by atoms with Crippen LogP contribution in [-0.4, -0.2) is 11.7 Å². The van der Waals surface area contributed by atoms with Gasteiger partial charge in [-0.15, -0.1) is 0 Å². The van der Waals surface area contributed by atoms with Gasteiger partial charge in [-0.1, -0.05) is 26.8 Å². The van der Waals surface area contributed by atoms with Crippen LogP contribution in [-0.2, 0) is 5.41 Å². The van der Waals surface area contributed by atoms with Gasteiger partial charge >= 0.3 is 0 Å². The first-order chi connectivity index (χ1) is 7.01. The van der Waals surface area contributed by atoms with Gasteiger partial charge in [0.25, 0.3) is 0 Å². The molecule has 0 heterocycles. The molecule has 0 aliphatic heterocycles. The molecule has 0 aliphatic rings. The molecular formula is C13H20O2. The summed E-state index contributed by atoms with van der Waals surface area (Å²) in [4.78, 5) is 0. The zero-order valence-corrected chi connectivity index (χ0v) is 10.0. The molecular weight excluding hydrogens is 188 g/mol. The van der Waals surface area contributed by atoms with E-state index in [2.05, 4.69) is 20.8 Å². The molecule has 0 aliphatic carbocycles. The maximum absolute atomic E-state index is 9.90. The van der Waals surface area contributed by atoms with Crippen LogP contribution in [0.1, 0.15) is 39.7 Å². The van der Waals surface area contributed by atoms with Crippen LogP contribution in [0.5, 0.6) is 11.5 Å². The van der Waals surface area contributed by atoms with E-state index in [1.807, 2.05) is 19.1 Å². The molecule has 2 nitrogen and oxygen atoms in total. The smallest absolute Gasteiger partial charge is 0.123 e. The van der Waals surface area contributed by atoms with Gasteiger partial charge in [-0.2, -0.15) is 0 Å². The summed E-state index contributed by atoms with van der Waals surface area (Å²) in [7, 11) is 0. The highest BCUT2D eigenvalue weighted by Gasteiger charge is 2.21. The number of phenolic OH excluding ortho intramolecular Hbond substituents is 1. The zero-order valence-electron chi connectivity index (χ0n) is 10.0. The second-order valence-corrected chi connectivity index (χ2v) is 4.35. The Kier molecular flexibility index (Phi) is 3.61. The monoisotopic (exact) mass is 208 g/mol. The molecule has 0 saturated carbocycles. The summed E-state index contributed by atoms with van der Waals surface area (Å²) in [6, 6.07) is 5.55. The molecule has 0 spiro atoms. The van der Waals surface area contributed by atoms with Crippen molar-refractivity contribution in [2.75, 3.05) is 6.61 Å². The Bertz CT molecular complexity index is 329. The molecule has 1 aromatic rings. The van der Waals surface area contributed by atoms with Crippen molar-refractivity contribution in [3.05, 3.63) is 23.8 Å². The fourth-order valence-corrected chi connectivity index (χ4v) is 1.53. The molecule has 0 bridgehead atoms. The van der Waals surface area contributed by atoms with Crippen molar-refractivity contribution in [3.8, 4) is 11.5 Å². The Hall–Kier alpha value is -1.18. The summed E-state index contributed by atoms with van der Waals surface area (Å²) in [5.74, 6) is 1.05. The lowest BCUT2D eigenvalue weighted by Crippen LogP contribution is -2.15. The van der Waals surface area contributed by atoms with Gasteiger partial charge in [0.15, 0.2) is 0 Å². The van der Waals surface area contributed by atoms with Gasteiger partial charge < -0.3 is 9.84 Å². The summed E-state index contributed by atoms with van der Waals surface area (Å²) in [5, 5.41) is 9.90. The third-order valence-corrected chi connectivity index (χ3v) is 2.89. The number of rotatable bonds is 4. The fraction of sp³-hybridized carbons (Fsp3) is 0.538. The van der Waals surface area contributed by atoms with E-state index in [0.29, 0.717) is 12.4 Å². The molecule has 0 radical (unpaired) electrons. The highest BCUT2D eigenvalue weighted by atomic mass is 16.5. The van der Waals surface area contributed by atoms with Gasteiger partial charge in [-0.3, -0.25) is 0 Å². The number of phenols is 1. The van der Waals surface area contributed by atoms with Crippen LogP contribution in [0, 0.1) is 0 Å². The molecule has 84 valence electrons. The van der Waals surface area contributed by atoms with Gasteiger partial charge in [-0.25, -0.2) is 0 Å². The Morgan fingerprint density at radius 3 is 2.40 bits per heavy atom. The molecule has 0 aromatic heterocycles. The number of ether oxygens (including phenoxy) is 1. The number of aromatic hydroxyl groups is 1. The highest BCUT2D eigenvalue weighted by molar-refractivity contribution is 5.43. The van der Waals surface area contributed by atoms with Crippen LogP contribution in [0.2, 0.25) is 0 Å². The van der Waals surface area contributed by atoms with Crippen molar-refractivity contribution >= 4 is 0 Å². The van der Waals surface area contributed by atoms with Crippen molar-refractivity contribution in [2.45, 2.75) is 39.5 Å². The molecule has 0 saturated heterocycles. The molecule has 1 rings (SSSR count). The van der Waals surface area contributed by atoms with Gasteiger partial charge in [0.1, 0.15) is 11.5 Å². The summed E-state index contributed by atoms with van der Waals surface area (Å²) < 4.78 is 5.33. The lowest BCUT2D eigenvalue weighted by molar-refractivity contribution is 0.336. The van der Waals surface area contributed by atoms with Crippen molar-refractivity contribution in [1.29, 1.82) is 0 Å². The average Bonchev–Trinajstić information content (AvgIpc) is 2.18. The molecule has 0 fully saturated rings. The minimum Gasteiger partial charge on any atom is -0.508 e. The van der Waals surface area contributed by atoms with Gasteiger partial charge in [0, 0.05) is 6.07 Å². The maximum atomic E-state index is 9.90. The minimum atomic E-state index is 0.00876. The van der Waals surface area contributed by atoms with E-state index in [-0.39, 0.29) is 5.41 Å². The van der Waals surface area contributed by atoms with Gasteiger partial charge in [-0.05, 0) is 30.4 Å². The summed E-state index contributed by atoms with van der Waals surface area (Å²) in [6.45, 7) is 8.93. The van der Waals surface area contributed by atoms with Crippen molar-refractivity contribution in [2.24, 2.45) is 0 Å².